The number of rotatable bonds is 3. The van der Waals surface area contributed by atoms with E-state index < -0.39 is 0 Å². The van der Waals surface area contributed by atoms with Crippen molar-refractivity contribution in [3.8, 4) is 0 Å². The third-order valence-corrected chi connectivity index (χ3v) is 2.90. The highest BCUT2D eigenvalue weighted by Gasteiger charge is 2.30. The van der Waals surface area contributed by atoms with Crippen LogP contribution in [0.2, 0.25) is 0 Å². The number of hydrogen-bond donors (Lipinski definition) is 2. The van der Waals surface area contributed by atoms with Gasteiger partial charge < -0.3 is 10.8 Å². The molecule has 0 saturated carbocycles. The first-order valence-corrected chi connectivity index (χ1v) is 4.73. The minimum absolute atomic E-state index is 0.205. The summed E-state index contributed by atoms with van der Waals surface area (Å²) in [4.78, 5) is 12.9. The van der Waals surface area contributed by atoms with E-state index in [1.807, 2.05) is 11.8 Å². The number of carbonyl (C=O) groups is 1. The number of amides is 1. The summed E-state index contributed by atoms with van der Waals surface area (Å²) in [6.07, 6.45) is 0.667. The molecule has 0 aromatic heterocycles. The molecular weight excluding hydrogens is 168 g/mol. The van der Waals surface area contributed by atoms with Crippen LogP contribution in [0.25, 0.3) is 0 Å². The van der Waals surface area contributed by atoms with Crippen LogP contribution in [0.5, 0.6) is 0 Å². The lowest BCUT2D eigenvalue weighted by atomic mass is 10.0. The van der Waals surface area contributed by atoms with Gasteiger partial charge in [0.15, 0.2) is 0 Å². The van der Waals surface area contributed by atoms with E-state index in [0.29, 0.717) is 5.92 Å². The quantitative estimate of drug-likeness (QED) is 0.628. The number of aliphatic hydroxyl groups excluding tert-OH is 1. The molecule has 1 amide bonds. The van der Waals surface area contributed by atoms with Gasteiger partial charge in [0.2, 0.25) is 5.91 Å². The molecule has 1 aliphatic heterocycles. The molecule has 1 rings (SSSR count). The molecule has 3 N–H and O–H groups in total. The lowest BCUT2D eigenvalue weighted by molar-refractivity contribution is -0.122. The van der Waals surface area contributed by atoms with Crippen molar-refractivity contribution in [3.63, 3.8) is 0 Å². The third-order valence-electron chi connectivity index (χ3n) is 2.90. The largest absolute Gasteiger partial charge is 0.393 e. The van der Waals surface area contributed by atoms with Crippen molar-refractivity contribution in [2.75, 3.05) is 13.1 Å². The molecule has 4 nitrogen and oxygen atoms in total. The summed E-state index contributed by atoms with van der Waals surface area (Å²) in [5.41, 5.74) is 5.19. The fraction of sp³-hybridized carbons (Fsp3) is 0.889. The highest BCUT2D eigenvalue weighted by molar-refractivity contribution is 5.79. The molecule has 1 heterocycles. The number of hydrogen-bond acceptors (Lipinski definition) is 3. The van der Waals surface area contributed by atoms with Crippen LogP contribution in [0.1, 0.15) is 20.3 Å². The second kappa shape index (κ2) is 4.07. The minimum Gasteiger partial charge on any atom is -0.393 e. The van der Waals surface area contributed by atoms with Crippen LogP contribution in [0.4, 0.5) is 0 Å². The van der Waals surface area contributed by atoms with Crippen molar-refractivity contribution < 1.29 is 9.90 Å². The summed E-state index contributed by atoms with van der Waals surface area (Å²) in [6, 6.07) is -0.205. The van der Waals surface area contributed by atoms with Gasteiger partial charge in [0.1, 0.15) is 0 Å². The summed E-state index contributed by atoms with van der Waals surface area (Å²) in [6.45, 7) is 5.25. The normalized spacial score (nSPS) is 28.7. The molecule has 76 valence electrons. The number of nitrogens with two attached hydrogens (primary N) is 1. The Morgan fingerprint density at radius 3 is 2.62 bits per heavy atom. The van der Waals surface area contributed by atoms with E-state index in [9.17, 15) is 9.90 Å². The molecule has 0 aromatic carbocycles. The molecule has 3 atom stereocenters. The molecule has 0 spiro atoms. The Morgan fingerprint density at radius 2 is 2.23 bits per heavy atom. The topological polar surface area (TPSA) is 66.6 Å². The first kappa shape index (κ1) is 10.5. The average molecular weight is 186 g/mol. The van der Waals surface area contributed by atoms with Crippen molar-refractivity contribution in [2.24, 2.45) is 11.7 Å². The van der Waals surface area contributed by atoms with Crippen LogP contribution >= 0.6 is 0 Å². The molecule has 0 aromatic rings. The van der Waals surface area contributed by atoms with Crippen LogP contribution in [0.15, 0.2) is 0 Å². The van der Waals surface area contributed by atoms with E-state index in [2.05, 4.69) is 0 Å². The molecule has 1 fully saturated rings. The Hall–Kier alpha value is -0.610. The van der Waals surface area contributed by atoms with Crippen LogP contribution in [0, 0.1) is 5.92 Å². The first-order chi connectivity index (χ1) is 6.02. The lowest BCUT2D eigenvalue weighted by Gasteiger charge is -2.21. The number of nitrogens with zero attached hydrogens (tertiary/aromatic N) is 1. The minimum atomic E-state index is -0.287. The van der Waals surface area contributed by atoms with Crippen molar-refractivity contribution in [1.29, 1.82) is 0 Å². The molecule has 1 aliphatic rings. The van der Waals surface area contributed by atoms with Gasteiger partial charge in [-0.2, -0.15) is 0 Å². The molecule has 0 bridgehead atoms. The summed E-state index contributed by atoms with van der Waals surface area (Å²) < 4.78 is 0. The predicted octanol–water partition coefficient (Wildman–Crippen LogP) is -0.437. The molecule has 3 unspecified atom stereocenters. The fourth-order valence-electron chi connectivity index (χ4n) is 1.74. The van der Waals surface area contributed by atoms with Gasteiger partial charge in [0, 0.05) is 6.54 Å². The Labute approximate surface area is 78.7 Å². The summed E-state index contributed by atoms with van der Waals surface area (Å²) >= 11 is 0. The van der Waals surface area contributed by atoms with Gasteiger partial charge in [-0.1, -0.05) is 0 Å². The molecule has 1 saturated heterocycles. The third kappa shape index (κ3) is 2.42. The summed E-state index contributed by atoms with van der Waals surface area (Å²) in [7, 11) is 0. The van der Waals surface area contributed by atoms with E-state index in [1.54, 1.807) is 6.92 Å². The van der Waals surface area contributed by atoms with Gasteiger partial charge >= 0.3 is 0 Å². The van der Waals surface area contributed by atoms with Gasteiger partial charge in [-0.25, -0.2) is 0 Å². The van der Waals surface area contributed by atoms with Gasteiger partial charge in [-0.3, -0.25) is 9.69 Å². The Balaban J connectivity index is 2.45. The monoisotopic (exact) mass is 186 g/mol. The summed E-state index contributed by atoms with van der Waals surface area (Å²) in [5, 5.41) is 9.35. The maximum atomic E-state index is 10.9. The Morgan fingerprint density at radius 1 is 1.62 bits per heavy atom. The predicted molar refractivity (Wildman–Crippen MR) is 50.0 cm³/mol. The maximum absolute atomic E-state index is 10.9. The number of carbonyl (C=O) groups excluding carboxylic acids is 1. The van der Waals surface area contributed by atoms with Gasteiger partial charge in [-0.05, 0) is 32.7 Å². The van der Waals surface area contributed by atoms with Crippen molar-refractivity contribution in [2.45, 2.75) is 32.4 Å². The van der Waals surface area contributed by atoms with Crippen molar-refractivity contribution in [1.82, 2.24) is 4.90 Å². The van der Waals surface area contributed by atoms with Crippen LogP contribution in [0.3, 0.4) is 0 Å². The van der Waals surface area contributed by atoms with Crippen molar-refractivity contribution in [3.05, 3.63) is 0 Å². The van der Waals surface area contributed by atoms with E-state index in [-0.39, 0.29) is 18.1 Å². The molecule has 13 heavy (non-hydrogen) atoms. The maximum Gasteiger partial charge on any atom is 0.234 e. The number of primary amides is 1. The van der Waals surface area contributed by atoms with Crippen LogP contribution in [-0.2, 0) is 4.79 Å². The number of aliphatic hydroxyl groups is 1. The van der Waals surface area contributed by atoms with Crippen molar-refractivity contribution >= 4 is 5.91 Å². The second-order valence-corrected chi connectivity index (χ2v) is 3.86. The van der Waals surface area contributed by atoms with E-state index in [0.717, 1.165) is 19.5 Å². The van der Waals surface area contributed by atoms with Crippen LogP contribution < -0.4 is 5.73 Å². The zero-order chi connectivity index (χ0) is 10.0. The van der Waals surface area contributed by atoms with E-state index in [1.165, 1.54) is 0 Å². The molecular formula is C9H18N2O2. The SMILES string of the molecule is CC(O)C1CCN(C(C)C(N)=O)C1. The van der Waals surface area contributed by atoms with Gasteiger partial charge in [0.25, 0.3) is 0 Å². The van der Waals surface area contributed by atoms with Crippen LogP contribution in [-0.4, -0.2) is 41.1 Å². The second-order valence-electron chi connectivity index (χ2n) is 3.86. The zero-order valence-corrected chi connectivity index (χ0v) is 8.23. The average Bonchev–Trinajstić information content (AvgIpc) is 2.50. The van der Waals surface area contributed by atoms with Gasteiger partial charge in [0.05, 0.1) is 12.1 Å². The highest BCUT2D eigenvalue weighted by atomic mass is 16.3. The zero-order valence-electron chi connectivity index (χ0n) is 8.23. The summed E-state index contributed by atoms with van der Waals surface area (Å²) in [5.74, 6) is 0.00745. The highest BCUT2D eigenvalue weighted by Crippen LogP contribution is 2.21. The standard InChI is InChI=1S/C9H18N2O2/c1-6(9(10)13)11-4-3-8(5-11)7(2)12/h6-8,12H,3-5H2,1-2H3,(H2,10,13). The molecule has 0 radical (unpaired) electrons. The molecule has 0 aliphatic carbocycles. The Kier molecular flexibility index (Phi) is 3.27. The molecule has 4 heteroatoms. The fourth-order valence-corrected chi connectivity index (χ4v) is 1.74. The smallest absolute Gasteiger partial charge is 0.234 e. The van der Waals surface area contributed by atoms with E-state index >= 15 is 0 Å². The van der Waals surface area contributed by atoms with E-state index in [4.69, 9.17) is 5.73 Å². The lowest BCUT2D eigenvalue weighted by Crippen LogP contribution is -2.41. The number of likely N-dealkylation sites (tertiary alicyclic amines) is 1. The van der Waals surface area contributed by atoms with Gasteiger partial charge in [-0.15, -0.1) is 0 Å². The first-order valence-electron chi connectivity index (χ1n) is 4.73. The Bertz CT molecular complexity index is 194.